The molecule has 2 heterocycles. The third kappa shape index (κ3) is 2.25. The van der Waals surface area contributed by atoms with Crippen LogP contribution in [0.4, 0.5) is 5.69 Å². The van der Waals surface area contributed by atoms with Gasteiger partial charge in [0.1, 0.15) is 5.82 Å². The zero-order chi connectivity index (χ0) is 17.8. The average Bonchev–Trinajstić information content (AvgIpc) is 3.11. The topological polar surface area (TPSA) is 76.2 Å². The summed E-state index contributed by atoms with van der Waals surface area (Å²) in [7, 11) is 3.21. The van der Waals surface area contributed by atoms with Crippen LogP contribution in [0.25, 0.3) is 22.4 Å². The lowest BCUT2D eigenvalue weighted by Crippen LogP contribution is -2.26. The number of amides is 1. The van der Waals surface area contributed by atoms with Crippen LogP contribution >= 0.6 is 0 Å². The summed E-state index contributed by atoms with van der Waals surface area (Å²) >= 11 is 0. The van der Waals surface area contributed by atoms with Crippen molar-refractivity contribution in [2.75, 3.05) is 19.5 Å². The van der Waals surface area contributed by atoms with Crippen LogP contribution in [0.1, 0.15) is 19.4 Å². The number of carbonyl (C=O) groups is 1. The Labute approximate surface area is 145 Å². The minimum atomic E-state index is -0.550. The van der Waals surface area contributed by atoms with Crippen molar-refractivity contribution in [2.45, 2.75) is 19.3 Å². The van der Waals surface area contributed by atoms with Gasteiger partial charge in [0.05, 0.1) is 30.7 Å². The second kappa shape index (κ2) is 5.24. The van der Waals surface area contributed by atoms with Crippen molar-refractivity contribution in [1.29, 1.82) is 0 Å². The van der Waals surface area contributed by atoms with Gasteiger partial charge in [0, 0.05) is 11.3 Å². The summed E-state index contributed by atoms with van der Waals surface area (Å²) in [6.07, 6.45) is 0. The van der Waals surface area contributed by atoms with E-state index >= 15 is 0 Å². The lowest BCUT2D eigenvalue weighted by atomic mass is 9.86. The van der Waals surface area contributed by atoms with Gasteiger partial charge in [0.25, 0.3) is 0 Å². The largest absolute Gasteiger partial charge is 0.493 e. The summed E-state index contributed by atoms with van der Waals surface area (Å²) in [4.78, 5) is 20.1. The number of fused-ring (bicyclic) bond motifs is 2. The maximum Gasteiger partial charge on any atom is 0.234 e. The molecule has 1 aliphatic heterocycles. The molecule has 4 rings (SSSR count). The molecule has 0 spiro atoms. The summed E-state index contributed by atoms with van der Waals surface area (Å²) in [6.45, 7) is 3.84. The number of aromatic nitrogens is 2. The first-order valence-corrected chi connectivity index (χ1v) is 8.02. The Bertz CT molecular complexity index is 1000. The van der Waals surface area contributed by atoms with Crippen LogP contribution in [0.3, 0.4) is 0 Å². The maximum atomic E-state index is 12.1. The molecule has 128 valence electrons. The molecule has 0 fully saturated rings. The number of nitrogens with zero attached hydrogens (tertiary/aromatic N) is 1. The Hall–Kier alpha value is -3.02. The SMILES string of the molecule is COc1ccc(-c2nc3cc4c(cc3[nH]2)NC(=O)C4(C)C)cc1OC. The van der Waals surface area contributed by atoms with Crippen molar-refractivity contribution in [1.82, 2.24) is 9.97 Å². The van der Waals surface area contributed by atoms with Crippen molar-refractivity contribution in [3.05, 3.63) is 35.9 Å². The minimum Gasteiger partial charge on any atom is -0.493 e. The molecular weight excluding hydrogens is 318 g/mol. The Kier molecular flexibility index (Phi) is 3.25. The lowest BCUT2D eigenvalue weighted by Gasteiger charge is -2.14. The number of hydrogen-bond acceptors (Lipinski definition) is 4. The van der Waals surface area contributed by atoms with Gasteiger partial charge in [-0.2, -0.15) is 0 Å². The number of carbonyl (C=O) groups excluding carboxylic acids is 1. The van der Waals surface area contributed by atoms with Gasteiger partial charge in [0.2, 0.25) is 5.91 Å². The number of aromatic amines is 1. The molecule has 6 heteroatoms. The van der Waals surface area contributed by atoms with Crippen LogP contribution in [-0.4, -0.2) is 30.1 Å². The number of nitrogens with one attached hydrogen (secondary N) is 2. The van der Waals surface area contributed by atoms with E-state index in [0.29, 0.717) is 11.5 Å². The fraction of sp³-hybridized carbons (Fsp3) is 0.263. The summed E-state index contributed by atoms with van der Waals surface area (Å²) in [5, 5.41) is 2.94. The van der Waals surface area contributed by atoms with Crippen LogP contribution in [0.2, 0.25) is 0 Å². The van der Waals surface area contributed by atoms with Crippen LogP contribution < -0.4 is 14.8 Å². The highest BCUT2D eigenvalue weighted by Crippen LogP contribution is 2.40. The van der Waals surface area contributed by atoms with E-state index in [1.807, 2.05) is 44.2 Å². The number of methoxy groups -OCH3 is 2. The molecule has 0 saturated carbocycles. The van der Waals surface area contributed by atoms with Gasteiger partial charge < -0.3 is 19.8 Å². The van der Waals surface area contributed by atoms with E-state index in [0.717, 1.165) is 33.7 Å². The zero-order valence-electron chi connectivity index (χ0n) is 14.6. The molecule has 0 radical (unpaired) electrons. The number of hydrogen-bond donors (Lipinski definition) is 2. The predicted molar refractivity (Wildman–Crippen MR) is 96.3 cm³/mol. The van der Waals surface area contributed by atoms with Gasteiger partial charge >= 0.3 is 0 Å². The summed E-state index contributed by atoms with van der Waals surface area (Å²) < 4.78 is 10.6. The predicted octanol–water partition coefficient (Wildman–Crippen LogP) is 3.48. The van der Waals surface area contributed by atoms with Gasteiger partial charge in [-0.25, -0.2) is 4.98 Å². The smallest absolute Gasteiger partial charge is 0.234 e. The van der Waals surface area contributed by atoms with E-state index < -0.39 is 5.41 Å². The van der Waals surface area contributed by atoms with E-state index in [9.17, 15) is 4.79 Å². The molecule has 2 N–H and O–H groups in total. The summed E-state index contributed by atoms with van der Waals surface area (Å²) in [5.41, 5.74) is 3.86. The molecule has 0 bridgehead atoms. The number of H-pyrrole nitrogens is 1. The molecular formula is C19H19N3O3. The normalized spacial score (nSPS) is 15.1. The van der Waals surface area contributed by atoms with Crippen molar-refractivity contribution in [2.24, 2.45) is 0 Å². The first kappa shape index (κ1) is 15.5. The summed E-state index contributed by atoms with van der Waals surface area (Å²) in [6, 6.07) is 9.58. The number of imidazole rings is 1. The fourth-order valence-corrected chi connectivity index (χ4v) is 3.20. The van der Waals surface area contributed by atoms with Crippen molar-refractivity contribution in [3.63, 3.8) is 0 Å². The number of ether oxygens (including phenoxy) is 2. The molecule has 0 aliphatic carbocycles. The van der Waals surface area contributed by atoms with E-state index in [1.54, 1.807) is 14.2 Å². The van der Waals surface area contributed by atoms with Gasteiger partial charge in [-0.15, -0.1) is 0 Å². The molecule has 1 aromatic heterocycles. The van der Waals surface area contributed by atoms with Crippen LogP contribution in [0.15, 0.2) is 30.3 Å². The monoisotopic (exact) mass is 337 g/mol. The van der Waals surface area contributed by atoms with E-state index in [4.69, 9.17) is 14.5 Å². The second-order valence-corrected chi connectivity index (χ2v) is 6.65. The Morgan fingerprint density at radius 3 is 2.52 bits per heavy atom. The van der Waals surface area contributed by atoms with E-state index in [1.165, 1.54) is 0 Å². The zero-order valence-corrected chi connectivity index (χ0v) is 14.6. The van der Waals surface area contributed by atoms with Gasteiger partial charge in [-0.1, -0.05) is 0 Å². The summed E-state index contributed by atoms with van der Waals surface area (Å²) in [5.74, 6) is 2.07. The molecule has 2 aromatic carbocycles. The third-order valence-corrected chi connectivity index (χ3v) is 4.77. The van der Waals surface area contributed by atoms with Gasteiger partial charge in [0.15, 0.2) is 11.5 Å². The van der Waals surface area contributed by atoms with Gasteiger partial charge in [-0.05, 0) is 49.7 Å². The number of benzene rings is 2. The molecule has 0 atom stereocenters. The highest BCUT2D eigenvalue weighted by atomic mass is 16.5. The average molecular weight is 337 g/mol. The number of anilines is 1. The molecule has 6 nitrogen and oxygen atoms in total. The Morgan fingerprint density at radius 1 is 1.04 bits per heavy atom. The molecule has 1 aliphatic rings. The van der Waals surface area contributed by atoms with E-state index in [2.05, 4.69) is 10.3 Å². The molecule has 0 unspecified atom stereocenters. The Balaban J connectivity index is 1.82. The molecule has 0 saturated heterocycles. The van der Waals surface area contributed by atoms with Gasteiger partial charge in [-0.3, -0.25) is 4.79 Å². The van der Waals surface area contributed by atoms with Crippen molar-refractivity contribution < 1.29 is 14.3 Å². The van der Waals surface area contributed by atoms with Crippen LogP contribution in [0, 0.1) is 0 Å². The molecule has 25 heavy (non-hydrogen) atoms. The first-order chi connectivity index (χ1) is 11.9. The van der Waals surface area contributed by atoms with Crippen LogP contribution in [0.5, 0.6) is 11.5 Å². The second-order valence-electron chi connectivity index (χ2n) is 6.65. The fourth-order valence-electron chi connectivity index (χ4n) is 3.20. The van der Waals surface area contributed by atoms with Crippen molar-refractivity contribution >= 4 is 22.6 Å². The maximum absolute atomic E-state index is 12.1. The molecule has 1 amide bonds. The minimum absolute atomic E-state index is 0.00951. The first-order valence-electron chi connectivity index (χ1n) is 8.02. The van der Waals surface area contributed by atoms with Crippen LogP contribution in [-0.2, 0) is 10.2 Å². The molecule has 3 aromatic rings. The highest BCUT2D eigenvalue weighted by Gasteiger charge is 2.38. The quantitative estimate of drug-likeness (QED) is 0.767. The number of rotatable bonds is 3. The van der Waals surface area contributed by atoms with E-state index in [-0.39, 0.29) is 5.91 Å². The standard InChI is InChI=1S/C19H19N3O3/c1-19(2)11-8-13-14(9-12(11)22-18(19)23)21-17(20-13)10-5-6-15(24-3)16(7-10)25-4/h5-9H,1-4H3,(H,20,21)(H,22,23). The lowest BCUT2D eigenvalue weighted by molar-refractivity contribution is -0.119. The highest BCUT2D eigenvalue weighted by molar-refractivity contribution is 6.07. The van der Waals surface area contributed by atoms with Crippen molar-refractivity contribution in [3.8, 4) is 22.9 Å². The third-order valence-electron chi connectivity index (χ3n) is 4.77. The Morgan fingerprint density at radius 2 is 1.80 bits per heavy atom.